The first-order valence-corrected chi connectivity index (χ1v) is 6.70. The van der Waals surface area contributed by atoms with E-state index in [-0.39, 0.29) is 11.9 Å². The van der Waals surface area contributed by atoms with E-state index in [1.165, 1.54) is 12.1 Å². The van der Waals surface area contributed by atoms with Crippen molar-refractivity contribution in [3.05, 3.63) is 55.9 Å². The van der Waals surface area contributed by atoms with Crippen LogP contribution in [0.25, 0.3) is 0 Å². The summed E-state index contributed by atoms with van der Waals surface area (Å²) >= 11 is 5.03. The van der Waals surface area contributed by atoms with Crippen LogP contribution < -0.4 is 11.3 Å². The van der Waals surface area contributed by atoms with Crippen molar-refractivity contribution in [3.8, 4) is 0 Å². The lowest BCUT2D eigenvalue weighted by molar-refractivity contribution is 0.615. The van der Waals surface area contributed by atoms with Crippen LogP contribution >= 0.6 is 27.3 Å². The minimum Gasteiger partial charge on any atom is -0.271 e. The van der Waals surface area contributed by atoms with E-state index in [1.807, 2.05) is 19.1 Å². The number of rotatable bonds is 3. The Morgan fingerprint density at radius 2 is 2.12 bits per heavy atom. The molecule has 2 nitrogen and oxygen atoms in total. The van der Waals surface area contributed by atoms with Gasteiger partial charge in [0.25, 0.3) is 0 Å². The molecule has 5 heteroatoms. The normalized spacial score (nSPS) is 12.7. The zero-order valence-electron chi connectivity index (χ0n) is 9.21. The highest BCUT2D eigenvalue weighted by molar-refractivity contribution is 9.11. The number of benzene rings is 1. The van der Waals surface area contributed by atoms with Crippen LogP contribution in [0.3, 0.4) is 0 Å². The Morgan fingerprint density at radius 1 is 1.35 bits per heavy atom. The topological polar surface area (TPSA) is 38.0 Å². The lowest BCUT2D eigenvalue weighted by atomic mass is 10.0. The van der Waals surface area contributed by atoms with Crippen LogP contribution in [-0.4, -0.2) is 0 Å². The quantitative estimate of drug-likeness (QED) is 0.672. The van der Waals surface area contributed by atoms with Crippen molar-refractivity contribution in [2.24, 2.45) is 5.84 Å². The van der Waals surface area contributed by atoms with Crippen molar-refractivity contribution in [1.29, 1.82) is 0 Å². The molecule has 0 saturated carbocycles. The van der Waals surface area contributed by atoms with Gasteiger partial charge in [0, 0.05) is 4.88 Å². The molecule has 17 heavy (non-hydrogen) atoms. The first-order valence-electron chi connectivity index (χ1n) is 5.09. The highest BCUT2D eigenvalue weighted by Gasteiger charge is 2.16. The van der Waals surface area contributed by atoms with Crippen molar-refractivity contribution in [2.75, 3.05) is 0 Å². The van der Waals surface area contributed by atoms with Crippen LogP contribution in [0.1, 0.15) is 22.0 Å². The number of hydrogen-bond donors (Lipinski definition) is 2. The summed E-state index contributed by atoms with van der Waals surface area (Å²) in [6.45, 7) is 1.88. The molecule has 3 N–H and O–H groups in total. The highest BCUT2D eigenvalue weighted by atomic mass is 79.9. The van der Waals surface area contributed by atoms with Gasteiger partial charge in [-0.25, -0.2) is 9.82 Å². The van der Waals surface area contributed by atoms with E-state index >= 15 is 0 Å². The first-order chi connectivity index (χ1) is 8.11. The standard InChI is InChI=1S/C12H12BrFN2S/c1-7-6-8(14)2-3-9(7)12(16-15)10-4-5-11(13)17-10/h2-6,12,16H,15H2,1H3. The second-order valence-corrected chi connectivity index (χ2v) is 6.24. The molecule has 2 aromatic rings. The highest BCUT2D eigenvalue weighted by Crippen LogP contribution is 2.32. The molecule has 90 valence electrons. The van der Waals surface area contributed by atoms with Gasteiger partial charge in [-0.15, -0.1) is 11.3 Å². The molecule has 0 aliphatic carbocycles. The first kappa shape index (κ1) is 12.7. The average molecular weight is 315 g/mol. The maximum Gasteiger partial charge on any atom is 0.123 e. The predicted molar refractivity (Wildman–Crippen MR) is 72.3 cm³/mol. The summed E-state index contributed by atoms with van der Waals surface area (Å²) in [5.41, 5.74) is 4.65. The van der Waals surface area contributed by atoms with Crippen LogP contribution in [0, 0.1) is 12.7 Å². The summed E-state index contributed by atoms with van der Waals surface area (Å²) in [7, 11) is 0. The second-order valence-electron chi connectivity index (χ2n) is 3.74. The number of nitrogens with one attached hydrogen (secondary N) is 1. The van der Waals surface area contributed by atoms with Gasteiger partial charge in [-0.1, -0.05) is 6.07 Å². The Hall–Kier alpha value is -0.750. The average Bonchev–Trinajstić information content (AvgIpc) is 2.69. The summed E-state index contributed by atoms with van der Waals surface area (Å²) in [4.78, 5) is 1.09. The van der Waals surface area contributed by atoms with Crippen molar-refractivity contribution in [1.82, 2.24) is 5.43 Å². The van der Waals surface area contributed by atoms with Crippen LogP contribution in [0.2, 0.25) is 0 Å². The largest absolute Gasteiger partial charge is 0.271 e. The lowest BCUT2D eigenvalue weighted by Crippen LogP contribution is -2.28. The Kier molecular flexibility index (Phi) is 3.93. The van der Waals surface area contributed by atoms with Gasteiger partial charge in [0.05, 0.1) is 9.83 Å². The third-order valence-electron chi connectivity index (χ3n) is 2.59. The number of aryl methyl sites for hydroxylation is 1. The molecule has 0 aliphatic heterocycles. The third-order valence-corrected chi connectivity index (χ3v) is 4.28. The monoisotopic (exact) mass is 314 g/mol. The summed E-state index contributed by atoms with van der Waals surface area (Å²) < 4.78 is 14.1. The summed E-state index contributed by atoms with van der Waals surface area (Å²) in [6, 6.07) is 8.61. The smallest absolute Gasteiger partial charge is 0.123 e. The molecular formula is C12H12BrFN2S. The predicted octanol–water partition coefficient (Wildman–Crippen LogP) is 3.51. The Bertz CT molecular complexity index is 527. The maximum atomic E-state index is 13.1. The van der Waals surface area contributed by atoms with Crippen molar-refractivity contribution < 1.29 is 4.39 Å². The number of nitrogens with two attached hydrogens (primary N) is 1. The summed E-state index contributed by atoms with van der Waals surface area (Å²) in [5.74, 6) is 5.37. The van der Waals surface area contributed by atoms with Gasteiger partial charge in [0.1, 0.15) is 5.82 Å². The van der Waals surface area contributed by atoms with Crippen molar-refractivity contribution in [2.45, 2.75) is 13.0 Å². The fourth-order valence-corrected chi connectivity index (χ4v) is 3.27. The van der Waals surface area contributed by atoms with Gasteiger partial charge >= 0.3 is 0 Å². The minimum atomic E-state index is -0.227. The Labute approximate surface area is 112 Å². The fourth-order valence-electron chi connectivity index (χ4n) is 1.77. The lowest BCUT2D eigenvalue weighted by Gasteiger charge is -2.17. The molecule has 2 rings (SSSR count). The van der Waals surface area contributed by atoms with E-state index in [9.17, 15) is 4.39 Å². The SMILES string of the molecule is Cc1cc(F)ccc1C(NN)c1ccc(Br)s1. The zero-order chi connectivity index (χ0) is 12.4. The zero-order valence-corrected chi connectivity index (χ0v) is 11.6. The van der Waals surface area contributed by atoms with Crippen LogP contribution in [0.4, 0.5) is 4.39 Å². The third kappa shape index (κ3) is 2.74. The van der Waals surface area contributed by atoms with Crippen LogP contribution in [0.5, 0.6) is 0 Å². The van der Waals surface area contributed by atoms with E-state index in [0.29, 0.717) is 0 Å². The van der Waals surface area contributed by atoms with Gasteiger partial charge in [-0.3, -0.25) is 5.84 Å². The molecule has 1 aromatic heterocycles. The Balaban J connectivity index is 2.42. The number of hydrazine groups is 1. The van der Waals surface area contributed by atoms with Crippen LogP contribution in [-0.2, 0) is 0 Å². The minimum absolute atomic E-state index is 0.105. The van der Waals surface area contributed by atoms with Crippen molar-refractivity contribution >= 4 is 27.3 Å². The molecule has 0 fully saturated rings. The van der Waals surface area contributed by atoms with E-state index in [4.69, 9.17) is 5.84 Å². The van der Waals surface area contributed by atoms with Gasteiger partial charge in [-0.05, 0) is 58.2 Å². The molecule has 1 atom stereocenters. The Morgan fingerprint density at radius 3 is 2.65 bits per heavy atom. The summed E-state index contributed by atoms with van der Waals surface area (Å²) in [6.07, 6.45) is 0. The van der Waals surface area contributed by atoms with Crippen LogP contribution in [0.15, 0.2) is 34.1 Å². The molecular weight excluding hydrogens is 303 g/mol. The van der Waals surface area contributed by atoms with Crippen molar-refractivity contribution in [3.63, 3.8) is 0 Å². The maximum absolute atomic E-state index is 13.1. The van der Waals surface area contributed by atoms with Gasteiger partial charge < -0.3 is 0 Å². The van der Waals surface area contributed by atoms with E-state index in [2.05, 4.69) is 21.4 Å². The molecule has 1 aromatic carbocycles. The molecule has 0 radical (unpaired) electrons. The molecule has 0 spiro atoms. The molecule has 1 heterocycles. The van der Waals surface area contributed by atoms with Gasteiger partial charge in [-0.2, -0.15) is 0 Å². The second kappa shape index (κ2) is 5.27. The number of hydrogen-bond acceptors (Lipinski definition) is 3. The molecule has 0 aliphatic rings. The van der Waals surface area contributed by atoms with E-state index in [1.54, 1.807) is 17.4 Å². The van der Waals surface area contributed by atoms with E-state index in [0.717, 1.165) is 19.8 Å². The molecule has 0 bridgehead atoms. The fraction of sp³-hybridized carbons (Fsp3) is 0.167. The number of thiophene rings is 1. The number of halogens is 2. The molecule has 1 unspecified atom stereocenters. The van der Waals surface area contributed by atoms with E-state index < -0.39 is 0 Å². The van der Waals surface area contributed by atoms with Gasteiger partial charge in [0.2, 0.25) is 0 Å². The van der Waals surface area contributed by atoms with Gasteiger partial charge in [0.15, 0.2) is 0 Å². The molecule has 0 saturated heterocycles. The summed E-state index contributed by atoms with van der Waals surface area (Å²) in [5, 5.41) is 0. The molecule has 0 amide bonds.